The lowest BCUT2D eigenvalue weighted by Crippen LogP contribution is -2.15. The molecule has 5 nitrogen and oxygen atoms in total. The molecule has 0 unspecified atom stereocenters. The highest BCUT2D eigenvalue weighted by molar-refractivity contribution is 7.22. The van der Waals surface area contributed by atoms with Gasteiger partial charge in [-0.25, -0.2) is 9.37 Å². The molecule has 0 aliphatic rings. The summed E-state index contributed by atoms with van der Waals surface area (Å²) in [6.45, 7) is 0. The Kier molecular flexibility index (Phi) is 2.75. The van der Waals surface area contributed by atoms with Gasteiger partial charge in [-0.05, 0) is 24.3 Å². The van der Waals surface area contributed by atoms with E-state index in [1.807, 2.05) is 0 Å². The van der Waals surface area contributed by atoms with Crippen molar-refractivity contribution < 1.29 is 9.18 Å². The second-order valence-electron chi connectivity index (χ2n) is 3.93. The van der Waals surface area contributed by atoms with Crippen LogP contribution in [-0.4, -0.2) is 20.7 Å². The van der Waals surface area contributed by atoms with Crippen molar-refractivity contribution >= 4 is 32.6 Å². The van der Waals surface area contributed by atoms with E-state index < -0.39 is 0 Å². The van der Waals surface area contributed by atoms with Gasteiger partial charge in [-0.2, -0.15) is 5.10 Å². The fraction of sp³-hybridized carbons (Fsp3) is 0.0833. The molecule has 0 atom stereocenters. The summed E-state index contributed by atoms with van der Waals surface area (Å²) in [5.74, 6) is -0.611. The number of benzene rings is 1. The maximum atomic E-state index is 13.1. The normalized spacial score (nSPS) is 10.8. The molecule has 0 aliphatic carbocycles. The molecule has 0 aliphatic heterocycles. The first-order chi connectivity index (χ1) is 9.13. The van der Waals surface area contributed by atoms with E-state index in [0.717, 1.165) is 0 Å². The maximum absolute atomic E-state index is 13.1. The minimum absolute atomic E-state index is 0.292. The molecule has 0 fully saturated rings. The highest BCUT2D eigenvalue weighted by atomic mass is 32.1. The zero-order valence-electron chi connectivity index (χ0n) is 9.92. The van der Waals surface area contributed by atoms with Gasteiger partial charge in [0.25, 0.3) is 5.91 Å². The summed E-state index contributed by atoms with van der Waals surface area (Å²) in [6.07, 6.45) is 1.54. The number of rotatable bonds is 2. The molecule has 0 bridgehead atoms. The smallest absolute Gasteiger partial charge is 0.275 e. The lowest BCUT2D eigenvalue weighted by molar-refractivity contribution is 0.101. The highest BCUT2D eigenvalue weighted by Gasteiger charge is 2.12. The number of nitrogens with zero attached hydrogens (tertiary/aromatic N) is 3. The number of hydrogen-bond acceptors (Lipinski definition) is 4. The van der Waals surface area contributed by atoms with Crippen LogP contribution in [0.4, 0.5) is 9.52 Å². The first-order valence-corrected chi connectivity index (χ1v) is 6.30. The number of hydrogen-bond donors (Lipinski definition) is 1. The van der Waals surface area contributed by atoms with Gasteiger partial charge < -0.3 is 0 Å². The van der Waals surface area contributed by atoms with Crippen LogP contribution in [0.15, 0.2) is 30.5 Å². The lowest BCUT2D eigenvalue weighted by Gasteiger charge is -2.00. The Bertz CT molecular complexity index is 764. The van der Waals surface area contributed by atoms with Gasteiger partial charge in [-0.15, -0.1) is 0 Å². The van der Waals surface area contributed by atoms with E-state index in [4.69, 9.17) is 0 Å². The quantitative estimate of drug-likeness (QED) is 0.782. The average Bonchev–Trinajstić information content (AvgIpc) is 2.94. The molecule has 96 valence electrons. The first-order valence-electron chi connectivity index (χ1n) is 5.49. The second-order valence-corrected chi connectivity index (χ2v) is 4.96. The molecule has 3 aromatic rings. The minimum Gasteiger partial charge on any atom is -0.296 e. The Hall–Kier alpha value is -2.28. The Morgan fingerprint density at radius 2 is 2.26 bits per heavy atom. The lowest BCUT2D eigenvalue weighted by atomic mass is 10.3. The Labute approximate surface area is 111 Å². The van der Waals surface area contributed by atoms with Gasteiger partial charge in [0.1, 0.15) is 11.5 Å². The molecule has 1 N–H and O–H groups in total. The molecule has 0 saturated carbocycles. The predicted octanol–water partition coefficient (Wildman–Crippen LogP) is 2.42. The Balaban J connectivity index is 1.89. The van der Waals surface area contributed by atoms with Crippen molar-refractivity contribution in [1.82, 2.24) is 14.8 Å². The van der Waals surface area contributed by atoms with Crippen molar-refractivity contribution in [3.05, 3.63) is 42.0 Å². The standard InChI is InChI=1S/C12H9FN4OS/c1-17-9(4-5-14-17)11(18)16-12-15-8-3-2-7(13)6-10(8)19-12/h2-6H,1H3,(H,15,16,18). The highest BCUT2D eigenvalue weighted by Crippen LogP contribution is 2.26. The van der Waals surface area contributed by atoms with Crippen molar-refractivity contribution in [1.29, 1.82) is 0 Å². The van der Waals surface area contributed by atoms with E-state index in [1.54, 1.807) is 25.4 Å². The van der Waals surface area contributed by atoms with Crippen molar-refractivity contribution in [3.63, 3.8) is 0 Å². The van der Waals surface area contributed by atoms with Gasteiger partial charge in [-0.3, -0.25) is 14.8 Å². The third kappa shape index (κ3) is 2.19. The van der Waals surface area contributed by atoms with Crippen LogP contribution in [0.3, 0.4) is 0 Å². The molecule has 7 heteroatoms. The number of halogens is 1. The van der Waals surface area contributed by atoms with Crippen LogP contribution >= 0.6 is 11.3 Å². The molecule has 0 saturated heterocycles. The fourth-order valence-electron chi connectivity index (χ4n) is 1.71. The van der Waals surface area contributed by atoms with E-state index in [2.05, 4.69) is 15.4 Å². The minimum atomic E-state index is -0.319. The van der Waals surface area contributed by atoms with E-state index in [1.165, 1.54) is 28.2 Å². The van der Waals surface area contributed by atoms with Gasteiger partial charge in [0.15, 0.2) is 5.13 Å². The van der Waals surface area contributed by atoms with Crippen LogP contribution in [0.5, 0.6) is 0 Å². The third-order valence-corrected chi connectivity index (χ3v) is 3.56. The first kappa shape index (κ1) is 11.8. The molecule has 1 aromatic carbocycles. The summed E-state index contributed by atoms with van der Waals surface area (Å²) in [6, 6.07) is 5.94. The number of amides is 1. The summed E-state index contributed by atoms with van der Waals surface area (Å²) in [7, 11) is 1.68. The fourth-order valence-corrected chi connectivity index (χ4v) is 2.60. The second kappa shape index (κ2) is 4.43. The Morgan fingerprint density at radius 3 is 3.00 bits per heavy atom. The largest absolute Gasteiger partial charge is 0.296 e. The van der Waals surface area contributed by atoms with Gasteiger partial charge in [0, 0.05) is 13.2 Å². The topological polar surface area (TPSA) is 59.8 Å². The number of carbonyl (C=O) groups is 1. The van der Waals surface area contributed by atoms with Gasteiger partial charge >= 0.3 is 0 Å². The summed E-state index contributed by atoms with van der Waals surface area (Å²) < 4.78 is 15.2. The molecule has 0 spiro atoms. The van der Waals surface area contributed by atoms with Crippen LogP contribution in [0, 0.1) is 5.82 Å². The van der Waals surface area contributed by atoms with Crippen molar-refractivity contribution in [2.75, 3.05) is 5.32 Å². The van der Waals surface area contributed by atoms with Crippen molar-refractivity contribution in [2.24, 2.45) is 7.05 Å². The molecule has 2 heterocycles. The monoisotopic (exact) mass is 276 g/mol. The van der Waals surface area contributed by atoms with E-state index in [0.29, 0.717) is 21.0 Å². The predicted molar refractivity (Wildman–Crippen MR) is 70.7 cm³/mol. The molecule has 2 aromatic heterocycles. The zero-order valence-corrected chi connectivity index (χ0v) is 10.7. The van der Waals surface area contributed by atoms with Crippen molar-refractivity contribution in [3.8, 4) is 0 Å². The van der Waals surface area contributed by atoms with Crippen LogP contribution in [0.2, 0.25) is 0 Å². The van der Waals surface area contributed by atoms with Crippen LogP contribution < -0.4 is 5.32 Å². The molecule has 19 heavy (non-hydrogen) atoms. The van der Waals surface area contributed by atoms with Crippen LogP contribution in [0.1, 0.15) is 10.5 Å². The van der Waals surface area contributed by atoms with E-state index in [-0.39, 0.29) is 11.7 Å². The number of aryl methyl sites for hydroxylation is 1. The third-order valence-electron chi connectivity index (χ3n) is 2.62. The van der Waals surface area contributed by atoms with Gasteiger partial charge in [0.2, 0.25) is 0 Å². The zero-order chi connectivity index (χ0) is 13.4. The summed E-state index contributed by atoms with van der Waals surface area (Å²) >= 11 is 1.23. The van der Waals surface area contributed by atoms with E-state index >= 15 is 0 Å². The Morgan fingerprint density at radius 1 is 1.42 bits per heavy atom. The summed E-state index contributed by atoms with van der Waals surface area (Å²) in [5, 5.41) is 7.04. The van der Waals surface area contributed by atoms with Crippen LogP contribution in [-0.2, 0) is 7.05 Å². The van der Waals surface area contributed by atoms with Crippen LogP contribution in [0.25, 0.3) is 10.2 Å². The molecular weight excluding hydrogens is 267 g/mol. The number of anilines is 1. The van der Waals surface area contributed by atoms with E-state index in [9.17, 15) is 9.18 Å². The molecular formula is C12H9FN4OS. The SMILES string of the molecule is Cn1nccc1C(=O)Nc1nc2ccc(F)cc2s1. The van der Waals surface area contributed by atoms with Gasteiger partial charge in [0.05, 0.1) is 10.2 Å². The number of fused-ring (bicyclic) bond motifs is 1. The number of carbonyl (C=O) groups excluding carboxylic acids is 1. The number of aromatic nitrogens is 3. The number of thiazole rings is 1. The maximum Gasteiger partial charge on any atom is 0.275 e. The summed E-state index contributed by atoms with van der Waals surface area (Å²) in [5.41, 5.74) is 1.09. The number of nitrogens with one attached hydrogen (secondary N) is 1. The van der Waals surface area contributed by atoms with Gasteiger partial charge in [-0.1, -0.05) is 11.3 Å². The molecule has 0 radical (unpaired) electrons. The average molecular weight is 276 g/mol. The summed E-state index contributed by atoms with van der Waals surface area (Å²) in [4.78, 5) is 16.2. The molecule has 1 amide bonds. The van der Waals surface area contributed by atoms with Crippen molar-refractivity contribution in [2.45, 2.75) is 0 Å². The molecule has 3 rings (SSSR count).